The first-order valence-corrected chi connectivity index (χ1v) is 7.84. The highest BCUT2D eigenvalue weighted by Crippen LogP contribution is 2.33. The molecular formula is C11H12BrNO4S. The summed E-state index contributed by atoms with van der Waals surface area (Å²) in [7, 11) is -3.24. The van der Waals surface area contributed by atoms with Gasteiger partial charge in [0, 0.05) is 17.6 Å². The molecule has 7 heteroatoms. The second-order valence-electron chi connectivity index (χ2n) is 4.06. The smallest absolute Gasteiger partial charge is 0.305 e. The predicted molar refractivity (Wildman–Crippen MR) is 70.7 cm³/mol. The number of nitrogens with zero attached hydrogens (tertiary/aromatic N) is 1. The van der Waals surface area contributed by atoms with E-state index in [4.69, 9.17) is 5.11 Å². The van der Waals surface area contributed by atoms with Gasteiger partial charge in [0.1, 0.15) is 0 Å². The molecule has 0 unspecified atom stereocenters. The molecule has 0 saturated carbocycles. The van der Waals surface area contributed by atoms with Gasteiger partial charge in [0.05, 0.1) is 22.8 Å². The van der Waals surface area contributed by atoms with Crippen LogP contribution < -0.4 is 4.90 Å². The number of halogens is 1. The number of carboxylic acids is 1. The van der Waals surface area contributed by atoms with E-state index in [2.05, 4.69) is 15.9 Å². The van der Waals surface area contributed by atoms with E-state index in [-0.39, 0.29) is 17.1 Å². The van der Waals surface area contributed by atoms with E-state index in [0.29, 0.717) is 18.8 Å². The molecule has 1 aliphatic heterocycles. The van der Waals surface area contributed by atoms with Gasteiger partial charge in [0.2, 0.25) is 0 Å². The lowest BCUT2D eigenvalue weighted by atomic mass is 10.2. The molecule has 1 heterocycles. The molecule has 98 valence electrons. The van der Waals surface area contributed by atoms with Crippen molar-refractivity contribution in [3.8, 4) is 0 Å². The third-order valence-corrected chi connectivity index (χ3v) is 5.05. The number of fused-ring (bicyclic) bond motifs is 1. The number of aliphatic carboxylic acids is 1. The fourth-order valence-corrected chi connectivity index (χ4v) is 3.74. The molecule has 1 aromatic rings. The third-order valence-electron chi connectivity index (χ3n) is 2.82. The Morgan fingerprint density at radius 1 is 1.44 bits per heavy atom. The quantitative estimate of drug-likeness (QED) is 0.907. The van der Waals surface area contributed by atoms with Crippen LogP contribution in [0.15, 0.2) is 27.6 Å². The van der Waals surface area contributed by atoms with Crippen LogP contribution >= 0.6 is 15.9 Å². The van der Waals surface area contributed by atoms with Crippen molar-refractivity contribution >= 4 is 37.4 Å². The van der Waals surface area contributed by atoms with E-state index >= 15 is 0 Å². The van der Waals surface area contributed by atoms with Gasteiger partial charge in [-0.1, -0.05) is 15.9 Å². The van der Waals surface area contributed by atoms with Gasteiger partial charge >= 0.3 is 5.97 Å². The van der Waals surface area contributed by atoms with Crippen LogP contribution in [-0.4, -0.2) is 38.3 Å². The fraction of sp³-hybridized carbons (Fsp3) is 0.364. The third kappa shape index (κ3) is 2.67. The van der Waals surface area contributed by atoms with Crippen molar-refractivity contribution in [2.75, 3.05) is 23.7 Å². The summed E-state index contributed by atoms with van der Waals surface area (Å²) in [5, 5.41) is 8.70. The van der Waals surface area contributed by atoms with Gasteiger partial charge in [-0.3, -0.25) is 4.79 Å². The molecule has 0 bridgehead atoms. The van der Waals surface area contributed by atoms with Gasteiger partial charge in [-0.2, -0.15) is 0 Å². The van der Waals surface area contributed by atoms with E-state index in [1.165, 1.54) is 0 Å². The second-order valence-corrected chi connectivity index (χ2v) is 7.05. The van der Waals surface area contributed by atoms with Gasteiger partial charge in [-0.05, 0) is 18.2 Å². The Bertz CT molecular complexity index is 585. The first-order valence-electron chi connectivity index (χ1n) is 5.39. The molecule has 5 nitrogen and oxygen atoms in total. The topological polar surface area (TPSA) is 74.7 Å². The molecule has 2 rings (SSSR count). The highest BCUT2D eigenvalue weighted by molar-refractivity contribution is 9.10. The molecule has 0 saturated heterocycles. The highest BCUT2D eigenvalue weighted by Gasteiger charge is 2.28. The number of carboxylic acid groups (broad SMARTS) is 1. The Morgan fingerprint density at radius 2 is 2.17 bits per heavy atom. The normalized spacial score (nSPS) is 17.3. The minimum atomic E-state index is -3.24. The van der Waals surface area contributed by atoms with Crippen LogP contribution in [0.3, 0.4) is 0 Å². The SMILES string of the molecule is O=C(O)CCN1CCS(=O)(=O)c2ccc(Br)cc21. The summed E-state index contributed by atoms with van der Waals surface area (Å²) in [6, 6.07) is 4.95. The molecule has 0 radical (unpaired) electrons. The van der Waals surface area contributed by atoms with Crippen molar-refractivity contribution in [1.29, 1.82) is 0 Å². The number of rotatable bonds is 3. The predicted octanol–water partition coefficient (Wildman–Crippen LogP) is 1.52. The Labute approximate surface area is 113 Å². The van der Waals surface area contributed by atoms with Gasteiger partial charge in [-0.25, -0.2) is 8.42 Å². The average molecular weight is 334 g/mol. The molecule has 0 spiro atoms. The molecule has 0 fully saturated rings. The Morgan fingerprint density at radius 3 is 2.83 bits per heavy atom. The minimum Gasteiger partial charge on any atom is -0.481 e. The Balaban J connectivity index is 2.38. The Kier molecular flexibility index (Phi) is 3.63. The van der Waals surface area contributed by atoms with Crippen molar-refractivity contribution in [3.63, 3.8) is 0 Å². The van der Waals surface area contributed by atoms with Crippen LogP contribution in [0.2, 0.25) is 0 Å². The largest absolute Gasteiger partial charge is 0.481 e. The second kappa shape index (κ2) is 4.89. The Hall–Kier alpha value is -1.08. The summed E-state index contributed by atoms with van der Waals surface area (Å²) in [5.74, 6) is -0.860. The maximum atomic E-state index is 11.9. The van der Waals surface area contributed by atoms with Crippen molar-refractivity contribution < 1.29 is 18.3 Å². The molecule has 0 aliphatic carbocycles. The number of anilines is 1. The van der Waals surface area contributed by atoms with Crippen LogP contribution in [0.5, 0.6) is 0 Å². The zero-order valence-electron chi connectivity index (χ0n) is 9.47. The molecule has 0 atom stereocenters. The van der Waals surface area contributed by atoms with Crippen molar-refractivity contribution in [2.45, 2.75) is 11.3 Å². The summed E-state index contributed by atoms with van der Waals surface area (Å²) in [4.78, 5) is 12.7. The standard InChI is InChI=1S/C11H12BrNO4S/c12-8-1-2-10-9(7-8)13(4-3-11(14)15)5-6-18(10,16)17/h1-2,7H,3-6H2,(H,14,15). The number of sulfone groups is 1. The number of hydrogen-bond acceptors (Lipinski definition) is 4. The molecule has 1 aliphatic rings. The number of carbonyl (C=O) groups is 1. The molecule has 1 N–H and O–H groups in total. The van der Waals surface area contributed by atoms with Crippen LogP contribution in [0.1, 0.15) is 6.42 Å². The molecule has 18 heavy (non-hydrogen) atoms. The lowest BCUT2D eigenvalue weighted by Gasteiger charge is -2.30. The maximum absolute atomic E-state index is 11.9. The van der Waals surface area contributed by atoms with Crippen LogP contribution in [0.4, 0.5) is 5.69 Å². The molecule has 0 aromatic heterocycles. The summed E-state index contributed by atoms with van der Waals surface area (Å²) in [6.45, 7) is 0.646. The van der Waals surface area contributed by atoms with Crippen molar-refractivity contribution in [3.05, 3.63) is 22.7 Å². The van der Waals surface area contributed by atoms with Crippen LogP contribution in [0, 0.1) is 0 Å². The van der Waals surface area contributed by atoms with E-state index in [9.17, 15) is 13.2 Å². The monoisotopic (exact) mass is 333 g/mol. The lowest BCUT2D eigenvalue weighted by Crippen LogP contribution is -2.36. The lowest BCUT2D eigenvalue weighted by molar-refractivity contribution is -0.136. The van der Waals surface area contributed by atoms with Crippen LogP contribution in [-0.2, 0) is 14.6 Å². The van der Waals surface area contributed by atoms with Gasteiger partial charge in [-0.15, -0.1) is 0 Å². The molecule has 0 amide bonds. The summed E-state index contributed by atoms with van der Waals surface area (Å²) >= 11 is 3.30. The maximum Gasteiger partial charge on any atom is 0.305 e. The fourth-order valence-electron chi connectivity index (χ4n) is 1.92. The van der Waals surface area contributed by atoms with Crippen molar-refractivity contribution in [2.24, 2.45) is 0 Å². The average Bonchev–Trinajstić information content (AvgIpc) is 2.27. The van der Waals surface area contributed by atoms with Gasteiger partial charge in [0.15, 0.2) is 9.84 Å². The summed E-state index contributed by atoms with van der Waals surface area (Å²) in [6.07, 6.45) is -0.00794. The molecule has 1 aromatic carbocycles. The van der Waals surface area contributed by atoms with Crippen LogP contribution in [0.25, 0.3) is 0 Å². The van der Waals surface area contributed by atoms with E-state index in [1.54, 1.807) is 23.1 Å². The summed E-state index contributed by atoms with van der Waals surface area (Å²) < 4.78 is 24.6. The minimum absolute atomic E-state index is 0.00794. The number of benzene rings is 1. The van der Waals surface area contributed by atoms with Gasteiger partial charge < -0.3 is 10.0 Å². The van der Waals surface area contributed by atoms with E-state index in [0.717, 1.165) is 4.47 Å². The van der Waals surface area contributed by atoms with Gasteiger partial charge in [0.25, 0.3) is 0 Å². The highest BCUT2D eigenvalue weighted by atomic mass is 79.9. The first-order chi connectivity index (χ1) is 8.40. The molecular weight excluding hydrogens is 322 g/mol. The van der Waals surface area contributed by atoms with Crippen molar-refractivity contribution in [1.82, 2.24) is 0 Å². The summed E-state index contributed by atoms with van der Waals surface area (Å²) in [5.41, 5.74) is 0.580. The van der Waals surface area contributed by atoms with E-state index < -0.39 is 15.8 Å². The van der Waals surface area contributed by atoms with E-state index in [1.807, 2.05) is 0 Å². The first kappa shape index (κ1) is 13.4. The zero-order chi connectivity index (χ0) is 13.3. The zero-order valence-corrected chi connectivity index (χ0v) is 11.9. The number of hydrogen-bond donors (Lipinski definition) is 1.